The van der Waals surface area contributed by atoms with E-state index in [0.717, 1.165) is 39.5 Å². The summed E-state index contributed by atoms with van der Waals surface area (Å²) in [4.78, 5) is 14.9. The summed E-state index contributed by atoms with van der Waals surface area (Å²) in [5, 5.41) is 18.7. The van der Waals surface area contributed by atoms with Crippen LogP contribution >= 0.6 is 15.9 Å². The molecule has 0 spiro atoms. The molecule has 2 heterocycles. The zero-order chi connectivity index (χ0) is 19.1. The number of H-pyrrole nitrogens is 1. The van der Waals surface area contributed by atoms with Gasteiger partial charge >= 0.3 is 0 Å². The molecule has 0 bridgehead atoms. The second-order valence-electron chi connectivity index (χ2n) is 7.60. The number of benzene rings is 2. The van der Waals surface area contributed by atoms with Crippen LogP contribution in [0.1, 0.15) is 47.4 Å². The maximum Gasteiger partial charge on any atom is 0.258 e. The lowest BCUT2D eigenvalue weighted by atomic mass is 10.0. The largest absolute Gasteiger partial charge is 0.507 e. The number of aryl methyl sites for hydroxylation is 1. The second-order valence-corrected chi connectivity index (χ2v) is 8.51. The van der Waals surface area contributed by atoms with Crippen LogP contribution in [0, 0.1) is 5.92 Å². The van der Waals surface area contributed by atoms with Crippen molar-refractivity contribution in [2.24, 2.45) is 5.92 Å². The van der Waals surface area contributed by atoms with E-state index >= 15 is 0 Å². The number of hydrogen-bond donors (Lipinski definition) is 2. The van der Waals surface area contributed by atoms with Crippen LogP contribution in [0.2, 0.25) is 0 Å². The molecule has 0 saturated carbocycles. The molecule has 3 aromatic rings. The maximum absolute atomic E-state index is 13.1. The minimum Gasteiger partial charge on any atom is -0.507 e. The highest BCUT2D eigenvalue weighted by atomic mass is 79.9. The molecule has 1 aliphatic heterocycles. The number of carbonyl (C=O) groups excluding carboxylic acids is 1. The van der Waals surface area contributed by atoms with E-state index < -0.39 is 0 Å². The smallest absolute Gasteiger partial charge is 0.258 e. The Morgan fingerprint density at radius 2 is 2.04 bits per heavy atom. The van der Waals surface area contributed by atoms with Crippen LogP contribution in [0.3, 0.4) is 0 Å². The van der Waals surface area contributed by atoms with Crippen LogP contribution in [0.5, 0.6) is 5.75 Å². The molecule has 5 nitrogen and oxygen atoms in total. The first-order valence-corrected chi connectivity index (χ1v) is 9.98. The van der Waals surface area contributed by atoms with Crippen molar-refractivity contribution in [1.29, 1.82) is 0 Å². The monoisotopic (exact) mass is 427 g/mol. The topological polar surface area (TPSA) is 69.2 Å². The average Bonchev–Trinajstić information content (AvgIpc) is 3.21. The molecule has 0 fully saturated rings. The molecular formula is C21H22BrN3O2. The number of aromatic hydroxyl groups is 1. The predicted octanol–water partition coefficient (Wildman–Crippen LogP) is 4.78. The Morgan fingerprint density at radius 3 is 2.81 bits per heavy atom. The Labute approximate surface area is 166 Å². The Balaban J connectivity index is 1.64. The van der Waals surface area contributed by atoms with E-state index in [1.807, 2.05) is 18.2 Å². The van der Waals surface area contributed by atoms with Crippen molar-refractivity contribution >= 4 is 32.7 Å². The lowest BCUT2D eigenvalue weighted by molar-refractivity contribution is 0.0748. The van der Waals surface area contributed by atoms with Crippen molar-refractivity contribution in [2.75, 3.05) is 0 Å². The first kappa shape index (κ1) is 18.0. The number of aromatic nitrogens is 2. The molecule has 1 aliphatic rings. The summed E-state index contributed by atoms with van der Waals surface area (Å²) < 4.78 is 1.01. The van der Waals surface area contributed by atoms with E-state index in [1.165, 1.54) is 0 Å². The van der Waals surface area contributed by atoms with Gasteiger partial charge in [0.25, 0.3) is 5.91 Å². The highest BCUT2D eigenvalue weighted by molar-refractivity contribution is 9.10. The fourth-order valence-corrected chi connectivity index (χ4v) is 3.98. The number of phenols is 1. The third kappa shape index (κ3) is 3.46. The van der Waals surface area contributed by atoms with E-state index in [-0.39, 0.29) is 11.7 Å². The van der Waals surface area contributed by atoms with Crippen molar-refractivity contribution in [1.82, 2.24) is 15.1 Å². The van der Waals surface area contributed by atoms with Gasteiger partial charge in [0.05, 0.1) is 11.1 Å². The summed E-state index contributed by atoms with van der Waals surface area (Å²) >= 11 is 3.48. The molecule has 1 aromatic heterocycles. The average molecular weight is 428 g/mol. The van der Waals surface area contributed by atoms with Gasteiger partial charge in [-0.25, -0.2) is 0 Å². The van der Waals surface area contributed by atoms with Crippen LogP contribution in [-0.2, 0) is 19.5 Å². The number of carbonyl (C=O) groups is 1. The molecule has 2 aromatic carbocycles. The first-order valence-electron chi connectivity index (χ1n) is 9.19. The minimum atomic E-state index is -0.155. The lowest BCUT2D eigenvalue weighted by Gasteiger charge is -2.16. The standard InChI is InChI=1S/C21H22BrN3O2/c1-12(2)3-6-18-16-8-17(20(26)9-19(16)24-23-18)21(27)25-10-13-4-5-15(22)7-14(13)11-25/h4-5,7-9,12,26H,3,6,10-11H2,1-2H3,(H,23,24). The van der Waals surface area contributed by atoms with Crippen LogP contribution in [-0.4, -0.2) is 26.1 Å². The van der Waals surface area contributed by atoms with Gasteiger partial charge in [-0.3, -0.25) is 9.89 Å². The normalized spacial score (nSPS) is 13.6. The zero-order valence-corrected chi connectivity index (χ0v) is 17.0. The van der Waals surface area contributed by atoms with Crippen molar-refractivity contribution in [3.05, 3.63) is 57.2 Å². The van der Waals surface area contributed by atoms with E-state index in [0.29, 0.717) is 30.1 Å². The number of phenolic OH excluding ortho intramolecular Hbond substituents is 1. The summed E-state index contributed by atoms with van der Waals surface area (Å²) in [6.07, 6.45) is 1.91. The Kier molecular flexibility index (Phi) is 4.68. The Hall–Kier alpha value is -2.34. The summed E-state index contributed by atoms with van der Waals surface area (Å²) in [6, 6.07) is 9.44. The van der Waals surface area contributed by atoms with Gasteiger partial charge in [0.1, 0.15) is 5.75 Å². The molecule has 0 saturated heterocycles. The third-order valence-corrected chi connectivity index (χ3v) is 5.62. The fraction of sp³-hybridized carbons (Fsp3) is 0.333. The summed E-state index contributed by atoms with van der Waals surface area (Å²) in [5.74, 6) is 0.410. The Morgan fingerprint density at radius 1 is 1.26 bits per heavy atom. The molecule has 0 aliphatic carbocycles. The second kappa shape index (κ2) is 7.00. The lowest BCUT2D eigenvalue weighted by Crippen LogP contribution is -2.25. The van der Waals surface area contributed by atoms with E-state index in [1.54, 1.807) is 17.0 Å². The number of amides is 1. The van der Waals surface area contributed by atoms with Gasteiger partial charge in [-0.15, -0.1) is 0 Å². The molecule has 6 heteroatoms. The van der Waals surface area contributed by atoms with Crippen molar-refractivity contribution in [2.45, 2.75) is 39.8 Å². The highest BCUT2D eigenvalue weighted by Crippen LogP contribution is 2.31. The summed E-state index contributed by atoms with van der Waals surface area (Å²) in [7, 11) is 0. The molecule has 0 atom stereocenters. The van der Waals surface area contributed by atoms with Gasteiger partial charge in [0.15, 0.2) is 0 Å². The van der Waals surface area contributed by atoms with Crippen molar-refractivity contribution in [3.8, 4) is 5.75 Å². The number of nitrogens with zero attached hydrogens (tertiary/aromatic N) is 2. The van der Waals surface area contributed by atoms with E-state index in [2.05, 4.69) is 40.0 Å². The number of aromatic amines is 1. The molecule has 1 amide bonds. The number of nitrogens with one attached hydrogen (secondary N) is 1. The molecule has 0 unspecified atom stereocenters. The van der Waals surface area contributed by atoms with Crippen LogP contribution < -0.4 is 0 Å². The third-order valence-electron chi connectivity index (χ3n) is 5.13. The molecule has 4 rings (SSSR count). The number of hydrogen-bond acceptors (Lipinski definition) is 3. The van der Waals surface area contributed by atoms with E-state index in [9.17, 15) is 9.90 Å². The van der Waals surface area contributed by atoms with Gasteiger partial charge < -0.3 is 10.0 Å². The molecule has 140 valence electrons. The number of halogens is 1. The van der Waals surface area contributed by atoms with Crippen molar-refractivity contribution < 1.29 is 9.90 Å². The van der Waals surface area contributed by atoms with Crippen LogP contribution in [0.25, 0.3) is 10.9 Å². The van der Waals surface area contributed by atoms with Gasteiger partial charge in [-0.05, 0) is 48.1 Å². The first-order chi connectivity index (χ1) is 12.9. The van der Waals surface area contributed by atoms with Gasteiger partial charge in [-0.1, -0.05) is 35.8 Å². The highest BCUT2D eigenvalue weighted by Gasteiger charge is 2.27. The van der Waals surface area contributed by atoms with Crippen LogP contribution in [0.15, 0.2) is 34.8 Å². The quantitative estimate of drug-likeness (QED) is 0.629. The SMILES string of the molecule is CC(C)CCc1[nH]nc2cc(O)c(C(=O)N3Cc4ccc(Br)cc4C3)cc12. The maximum atomic E-state index is 13.1. The molecule has 0 radical (unpaired) electrons. The predicted molar refractivity (Wildman–Crippen MR) is 109 cm³/mol. The molecular weight excluding hydrogens is 406 g/mol. The summed E-state index contributed by atoms with van der Waals surface area (Å²) in [6.45, 7) is 5.48. The fourth-order valence-electron chi connectivity index (χ4n) is 3.57. The Bertz CT molecular complexity index is 1030. The number of rotatable bonds is 4. The van der Waals surface area contributed by atoms with Gasteiger partial charge in [0.2, 0.25) is 0 Å². The van der Waals surface area contributed by atoms with Crippen molar-refractivity contribution in [3.63, 3.8) is 0 Å². The minimum absolute atomic E-state index is 0.0217. The van der Waals surface area contributed by atoms with Gasteiger partial charge in [-0.2, -0.15) is 5.10 Å². The summed E-state index contributed by atoms with van der Waals surface area (Å²) in [5.41, 5.74) is 4.33. The zero-order valence-electron chi connectivity index (χ0n) is 15.4. The van der Waals surface area contributed by atoms with E-state index in [4.69, 9.17) is 0 Å². The molecule has 27 heavy (non-hydrogen) atoms. The van der Waals surface area contributed by atoms with Gasteiger partial charge in [0, 0.05) is 34.7 Å². The number of fused-ring (bicyclic) bond motifs is 2. The molecule has 2 N–H and O–H groups in total. The van der Waals surface area contributed by atoms with Crippen LogP contribution in [0.4, 0.5) is 0 Å².